The Morgan fingerprint density at radius 1 is 0.906 bits per heavy atom. The summed E-state index contributed by atoms with van der Waals surface area (Å²) in [6, 6.07) is 11.0. The molecule has 174 valence electrons. The Morgan fingerprint density at radius 3 is 2.31 bits per heavy atom. The highest BCUT2D eigenvalue weighted by Crippen LogP contribution is 2.23. The van der Waals surface area contributed by atoms with Gasteiger partial charge in [-0.05, 0) is 68.1 Å². The first-order valence-electron chi connectivity index (χ1n) is 10.6. The summed E-state index contributed by atoms with van der Waals surface area (Å²) in [7, 11) is -7.32. The lowest BCUT2D eigenvalue weighted by Gasteiger charge is -2.26. The predicted molar refractivity (Wildman–Crippen MR) is 123 cm³/mol. The Kier molecular flexibility index (Phi) is 7.71. The van der Waals surface area contributed by atoms with E-state index in [4.69, 9.17) is 0 Å². The fourth-order valence-electron chi connectivity index (χ4n) is 3.48. The molecule has 0 spiro atoms. The molecule has 10 heteroatoms. The molecular formula is C22H29N3O5S2. The van der Waals surface area contributed by atoms with Gasteiger partial charge in [0.25, 0.3) is 0 Å². The second-order valence-corrected chi connectivity index (χ2v) is 11.6. The van der Waals surface area contributed by atoms with Gasteiger partial charge in [0.15, 0.2) is 0 Å². The van der Waals surface area contributed by atoms with Crippen LogP contribution in [0, 0.1) is 13.8 Å². The molecule has 1 fully saturated rings. The van der Waals surface area contributed by atoms with Crippen molar-refractivity contribution in [3.63, 3.8) is 0 Å². The zero-order valence-electron chi connectivity index (χ0n) is 18.3. The van der Waals surface area contributed by atoms with Gasteiger partial charge in [-0.1, -0.05) is 18.6 Å². The van der Waals surface area contributed by atoms with Gasteiger partial charge >= 0.3 is 0 Å². The Balaban J connectivity index is 1.58. The Bertz CT molecular complexity index is 1190. The van der Waals surface area contributed by atoms with E-state index in [1.807, 2.05) is 13.8 Å². The molecule has 0 aliphatic carbocycles. The minimum Gasteiger partial charge on any atom is -0.326 e. The second kappa shape index (κ2) is 10.1. The highest BCUT2D eigenvalue weighted by atomic mass is 32.2. The fraction of sp³-hybridized carbons (Fsp3) is 0.409. The molecule has 3 rings (SSSR count). The number of amides is 1. The van der Waals surface area contributed by atoms with Gasteiger partial charge in [-0.2, -0.15) is 4.31 Å². The molecule has 0 saturated carbocycles. The average molecular weight is 480 g/mol. The van der Waals surface area contributed by atoms with Crippen LogP contribution in [-0.4, -0.2) is 46.7 Å². The fourth-order valence-corrected chi connectivity index (χ4v) is 6.16. The van der Waals surface area contributed by atoms with Crippen LogP contribution in [0.1, 0.15) is 36.8 Å². The van der Waals surface area contributed by atoms with Crippen molar-refractivity contribution < 1.29 is 21.6 Å². The highest BCUT2D eigenvalue weighted by Gasteiger charge is 2.26. The number of piperidine rings is 1. The molecule has 8 nitrogen and oxygen atoms in total. The lowest BCUT2D eigenvalue weighted by molar-refractivity contribution is -0.116. The maximum atomic E-state index is 12.8. The number of carbonyl (C=O) groups excluding carboxylic acids is 1. The predicted octanol–water partition coefficient (Wildman–Crippen LogP) is 2.79. The quantitative estimate of drug-likeness (QED) is 0.605. The van der Waals surface area contributed by atoms with Gasteiger partial charge < -0.3 is 5.32 Å². The van der Waals surface area contributed by atoms with Crippen molar-refractivity contribution in [1.29, 1.82) is 0 Å². The minimum absolute atomic E-state index is 0.0765. The molecule has 32 heavy (non-hydrogen) atoms. The van der Waals surface area contributed by atoms with E-state index < -0.39 is 26.0 Å². The van der Waals surface area contributed by atoms with Crippen LogP contribution in [0.5, 0.6) is 0 Å². The van der Waals surface area contributed by atoms with E-state index in [9.17, 15) is 21.6 Å². The molecule has 1 aliphatic rings. The monoisotopic (exact) mass is 479 g/mol. The van der Waals surface area contributed by atoms with Gasteiger partial charge in [-0.3, -0.25) is 4.79 Å². The van der Waals surface area contributed by atoms with E-state index in [1.54, 1.807) is 24.3 Å². The normalized spacial score (nSPS) is 15.4. The summed E-state index contributed by atoms with van der Waals surface area (Å²) < 4.78 is 54.4. The second-order valence-electron chi connectivity index (χ2n) is 7.93. The molecule has 2 N–H and O–H groups in total. The first kappa shape index (κ1) is 24.4. The molecular weight excluding hydrogens is 450 g/mol. The van der Waals surface area contributed by atoms with Crippen molar-refractivity contribution in [1.82, 2.24) is 9.03 Å². The molecule has 0 bridgehead atoms. The molecule has 2 aromatic rings. The molecule has 1 saturated heterocycles. The lowest BCUT2D eigenvalue weighted by atomic mass is 10.1. The SMILES string of the molecule is Cc1ccc(S(=O)(=O)NCCC(=O)Nc2cccc(S(=O)(=O)N3CCCCC3)c2)cc1C. The minimum atomic E-state index is -3.72. The average Bonchev–Trinajstić information content (AvgIpc) is 2.76. The summed E-state index contributed by atoms with van der Waals surface area (Å²) in [6.45, 7) is 4.66. The van der Waals surface area contributed by atoms with E-state index in [-0.39, 0.29) is 22.8 Å². The van der Waals surface area contributed by atoms with Crippen LogP contribution >= 0.6 is 0 Å². The van der Waals surface area contributed by atoms with Crippen LogP contribution in [0.2, 0.25) is 0 Å². The molecule has 1 aliphatic heterocycles. The van der Waals surface area contributed by atoms with Gasteiger partial charge in [0.2, 0.25) is 26.0 Å². The number of hydrogen-bond acceptors (Lipinski definition) is 5. The first-order chi connectivity index (χ1) is 15.1. The third-order valence-electron chi connectivity index (χ3n) is 5.50. The van der Waals surface area contributed by atoms with Gasteiger partial charge in [0.05, 0.1) is 9.79 Å². The van der Waals surface area contributed by atoms with Crippen molar-refractivity contribution in [2.45, 2.75) is 49.3 Å². The van der Waals surface area contributed by atoms with E-state index in [0.29, 0.717) is 18.8 Å². The zero-order chi connectivity index (χ0) is 23.4. The van der Waals surface area contributed by atoms with Crippen molar-refractivity contribution >= 4 is 31.6 Å². The molecule has 0 atom stereocenters. The number of benzene rings is 2. The van der Waals surface area contributed by atoms with Crippen LogP contribution in [0.4, 0.5) is 5.69 Å². The van der Waals surface area contributed by atoms with Crippen molar-refractivity contribution in [3.05, 3.63) is 53.6 Å². The summed E-state index contributed by atoms with van der Waals surface area (Å²) in [5.41, 5.74) is 2.21. The number of carbonyl (C=O) groups is 1. The summed E-state index contributed by atoms with van der Waals surface area (Å²) in [6.07, 6.45) is 2.62. The largest absolute Gasteiger partial charge is 0.326 e. The van der Waals surface area contributed by atoms with Crippen molar-refractivity contribution in [3.8, 4) is 0 Å². The van der Waals surface area contributed by atoms with Crippen LogP contribution < -0.4 is 10.0 Å². The van der Waals surface area contributed by atoms with Crippen molar-refractivity contribution in [2.24, 2.45) is 0 Å². The molecule has 0 unspecified atom stereocenters. The lowest BCUT2D eigenvalue weighted by Crippen LogP contribution is -2.35. The van der Waals surface area contributed by atoms with E-state index in [1.165, 1.54) is 22.5 Å². The number of nitrogens with zero attached hydrogens (tertiary/aromatic N) is 1. The number of sulfonamides is 2. The van der Waals surface area contributed by atoms with Crippen LogP contribution in [0.25, 0.3) is 0 Å². The Hall–Kier alpha value is -2.27. The third kappa shape index (κ3) is 5.94. The smallest absolute Gasteiger partial charge is 0.243 e. The zero-order valence-corrected chi connectivity index (χ0v) is 19.9. The molecule has 2 aromatic carbocycles. The van der Waals surface area contributed by atoms with Crippen molar-refractivity contribution in [2.75, 3.05) is 25.0 Å². The summed E-state index contributed by atoms with van der Waals surface area (Å²) in [4.78, 5) is 12.6. The Labute approximate surface area is 190 Å². The van der Waals surface area contributed by atoms with E-state index in [2.05, 4.69) is 10.0 Å². The molecule has 0 aromatic heterocycles. The molecule has 0 radical (unpaired) electrons. The first-order valence-corrected chi connectivity index (χ1v) is 13.5. The Morgan fingerprint density at radius 2 is 1.62 bits per heavy atom. The highest BCUT2D eigenvalue weighted by molar-refractivity contribution is 7.89. The third-order valence-corrected chi connectivity index (χ3v) is 8.86. The maximum absolute atomic E-state index is 12.8. The topological polar surface area (TPSA) is 113 Å². The van der Waals surface area contributed by atoms with Crippen LogP contribution in [-0.2, 0) is 24.8 Å². The number of nitrogens with one attached hydrogen (secondary N) is 2. The maximum Gasteiger partial charge on any atom is 0.243 e. The van der Waals surface area contributed by atoms with E-state index >= 15 is 0 Å². The molecule has 1 heterocycles. The standard InChI is InChI=1S/C22H29N3O5S2/c1-17-9-10-20(15-18(17)2)31(27,28)23-12-11-22(26)24-19-7-6-8-21(16-19)32(29,30)25-13-4-3-5-14-25/h6-10,15-16,23H,3-5,11-14H2,1-2H3,(H,24,26). The summed E-state index contributed by atoms with van der Waals surface area (Å²) in [5, 5.41) is 2.64. The summed E-state index contributed by atoms with van der Waals surface area (Å²) in [5.74, 6) is -0.416. The van der Waals surface area contributed by atoms with E-state index in [0.717, 1.165) is 30.4 Å². The molecule has 1 amide bonds. The number of rotatable bonds is 8. The van der Waals surface area contributed by atoms with Crippen LogP contribution in [0.15, 0.2) is 52.3 Å². The summed E-state index contributed by atoms with van der Waals surface area (Å²) >= 11 is 0. The van der Waals surface area contributed by atoms with Gasteiger partial charge in [0, 0.05) is 31.7 Å². The van der Waals surface area contributed by atoms with Crippen LogP contribution in [0.3, 0.4) is 0 Å². The number of hydrogen-bond donors (Lipinski definition) is 2. The number of anilines is 1. The van der Waals surface area contributed by atoms with Gasteiger partial charge in [-0.15, -0.1) is 0 Å². The number of aryl methyl sites for hydroxylation is 2. The van der Waals surface area contributed by atoms with Gasteiger partial charge in [-0.25, -0.2) is 21.6 Å². The van der Waals surface area contributed by atoms with Gasteiger partial charge in [0.1, 0.15) is 0 Å².